The van der Waals surface area contributed by atoms with Gasteiger partial charge in [-0.05, 0) is 26.7 Å². The van der Waals surface area contributed by atoms with Crippen LogP contribution in [0, 0.1) is 0 Å². The number of hydrogen-bond acceptors (Lipinski definition) is 6. The molecule has 0 aliphatic carbocycles. The average Bonchev–Trinajstić information content (AvgIpc) is 2.82. The van der Waals surface area contributed by atoms with Crippen LogP contribution in [0.2, 0.25) is 0 Å². The monoisotopic (exact) mass is 285 g/mol. The third-order valence-corrected chi connectivity index (χ3v) is 4.47. The van der Waals surface area contributed by atoms with Crippen LogP contribution in [0.3, 0.4) is 0 Å². The van der Waals surface area contributed by atoms with Crippen molar-refractivity contribution in [1.82, 2.24) is 4.90 Å². The molecular weight excluding hydrogens is 266 g/mol. The van der Waals surface area contributed by atoms with E-state index in [1.807, 2.05) is 0 Å². The van der Waals surface area contributed by atoms with Gasteiger partial charge in [-0.3, -0.25) is 4.79 Å². The number of esters is 2. The first-order valence-corrected chi connectivity index (χ1v) is 7.53. The van der Waals surface area contributed by atoms with Gasteiger partial charge in [0.25, 0.3) is 0 Å². The SMILES string of the molecule is CCOC(=O)C1=C2SC(C(=O)OCC)CN2CCC1. The van der Waals surface area contributed by atoms with Crippen LogP contribution in [0.4, 0.5) is 0 Å². The summed E-state index contributed by atoms with van der Waals surface area (Å²) in [5.41, 5.74) is 0.713. The highest BCUT2D eigenvalue weighted by molar-refractivity contribution is 8.04. The maximum atomic E-state index is 11.9. The fourth-order valence-electron chi connectivity index (χ4n) is 2.30. The van der Waals surface area contributed by atoms with E-state index in [-0.39, 0.29) is 17.2 Å². The lowest BCUT2D eigenvalue weighted by molar-refractivity contribution is -0.142. The minimum Gasteiger partial charge on any atom is -0.465 e. The van der Waals surface area contributed by atoms with Gasteiger partial charge in [-0.25, -0.2) is 4.79 Å². The van der Waals surface area contributed by atoms with Crippen molar-refractivity contribution in [2.75, 3.05) is 26.3 Å². The van der Waals surface area contributed by atoms with E-state index in [1.165, 1.54) is 11.8 Å². The van der Waals surface area contributed by atoms with Crippen LogP contribution >= 0.6 is 11.8 Å². The summed E-state index contributed by atoms with van der Waals surface area (Å²) in [6.45, 7) is 5.88. The van der Waals surface area contributed by atoms with E-state index >= 15 is 0 Å². The van der Waals surface area contributed by atoms with Gasteiger partial charge in [-0.2, -0.15) is 0 Å². The summed E-state index contributed by atoms with van der Waals surface area (Å²) in [7, 11) is 0. The van der Waals surface area contributed by atoms with Gasteiger partial charge in [0.2, 0.25) is 0 Å². The highest BCUT2D eigenvalue weighted by atomic mass is 32.2. The van der Waals surface area contributed by atoms with Crippen LogP contribution in [0.1, 0.15) is 26.7 Å². The van der Waals surface area contributed by atoms with E-state index < -0.39 is 0 Å². The molecule has 1 fully saturated rings. The highest BCUT2D eigenvalue weighted by Crippen LogP contribution is 2.40. The average molecular weight is 285 g/mol. The highest BCUT2D eigenvalue weighted by Gasteiger charge is 2.38. The van der Waals surface area contributed by atoms with E-state index in [2.05, 4.69) is 4.90 Å². The summed E-state index contributed by atoms with van der Waals surface area (Å²) in [4.78, 5) is 25.8. The fraction of sp³-hybridized carbons (Fsp3) is 0.692. The van der Waals surface area contributed by atoms with Crippen LogP contribution in [-0.4, -0.2) is 48.4 Å². The van der Waals surface area contributed by atoms with Crippen LogP contribution in [0.15, 0.2) is 10.6 Å². The summed E-state index contributed by atoms with van der Waals surface area (Å²) < 4.78 is 10.1. The molecule has 0 N–H and O–H groups in total. The Morgan fingerprint density at radius 3 is 2.74 bits per heavy atom. The second-order valence-corrected chi connectivity index (χ2v) is 5.60. The lowest BCUT2D eigenvalue weighted by Gasteiger charge is -2.26. The van der Waals surface area contributed by atoms with E-state index in [4.69, 9.17) is 9.47 Å². The second kappa shape index (κ2) is 6.32. The molecule has 1 atom stereocenters. The maximum absolute atomic E-state index is 11.9. The molecule has 2 aliphatic rings. The summed E-state index contributed by atoms with van der Waals surface area (Å²) in [6, 6.07) is 0. The van der Waals surface area contributed by atoms with Crippen molar-refractivity contribution in [3.63, 3.8) is 0 Å². The van der Waals surface area contributed by atoms with E-state index in [9.17, 15) is 9.59 Å². The van der Waals surface area contributed by atoms with Crippen LogP contribution in [-0.2, 0) is 19.1 Å². The molecule has 2 heterocycles. The van der Waals surface area contributed by atoms with Crippen molar-refractivity contribution in [1.29, 1.82) is 0 Å². The number of carbonyl (C=O) groups excluding carboxylic acids is 2. The van der Waals surface area contributed by atoms with Crippen molar-refractivity contribution >= 4 is 23.7 Å². The lowest BCUT2D eigenvalue weighted by atomic mass is 10.1. The quantitative estimate of drug-likeness (QED) is 0.730. The van der Waals surface area contributed by atoms with E-state index in [1.54, 1.807) is 13.8 Å². The molecule has 0 aromatic rings. The van der Waals surface area contributed by atoms with Gasteiger partial charge in [-0.15, -0.1) is 0 Å². The summed E-state index contributed by atoms with van der Waals surface area (Å²) in [6.07, 6.45) is 1.65. The molecule has 6 heteroatoms. The van der Waals surface area contributed by atoms with Crippen LogP contribution < -0.4 is 0 Å². The molecule has 0 spiro atoms. The molecule has 1 saturated heterocycles. The molecule has 106 valence electrons. The molecule has 5 nitrogen and oxygen atoms in total. The van der Waals surface area contributed by atoms with Crippen molar-refractivity contribution in [3.8, 4) is 0 Å². The number of nitrogens with zero attached hydrogens (tertiary/aromatic N) is 1. The zero-order chi connectivity index (χ0) is 13.8. The van der Waals surface area contributed by atoms with Gasteiger partial charge >= 0.3 is 11.9 Å². The Hall–Kier alpha value is -1.17. The Labute approximate surface area is 117 Å². The summed E-state index contributed by atoms with van der Waals surface area (Å²) in [5, 5.41) is 0.681. The molecule has 0 aromatic heterocycles. The number of thioether (sulfide) groups is 1. The van der Waals surface area contributed by atoms with Crippen molar-refractivity contribution in [2.24, 2.45) is 0 Å². The number of hydrogen-bond donors (Lipinski definition) is 0. The normalized spacial score (nSPS) is 22.2. The molecule has 2 rings (SSSR count). The topological polar surface area (TPSA) is 55.8 Å². The lowest BCUT2D eigenvalue weighted by Crippen LogP contribution is -2.30. The zero-order valence-corrected chi connectivity index (χ0v) is 12.1. The second-order valence-electron chi connectivity index (χ2n) is 4.41. The Morgan fingerprint density at radius 2 is 2.05 bits per heavy atom. The first-order chi connectivity index (χ1) is 9.17. The van der Waals surface area contributed by atoms with Crippen molar-refractivity contribution in [3.05, 3.63) is 10.6 Å². The third-order valence-electron chi connectivity index (χ3n) is 3.11. The largest absolute Gasteiger partial charge is 0.465 e. The first-order valence-electron chi connectivity index (χ1n) is 6.65. The zero-order valence-electron chi connectivity index (χ0n) is 11.3. The Morgan fingerprint density at radius 1 is 1.32 bits per heavy atom. The smallest absolute Gasteiger partial charge is 0.336 e. The minimum absolute atomic E-state index is 0.197. The number of fused-ring (bicyclic) bond motifs is 1. The van der Waals surface area contributed by atoms with E-state index in [0.29, 0.717) is 25.3 Å². The minimum atomic E-state index is -0.251. The van der Waals surface area contributed by atoms with E-state index in [0.717, 1.165) is 24.4 Å². The molecule has 0 radical (unpaired) electrons. The molecule has 1 unspecified atom stereocenters. The predicted molar refractivity (Wildman–Crippen MR) is 72.5 cm³/mol. The fourth-order valence-corrected chi connectivity index (χ4v) is 3.63. The molecule has 19 heavy (non-hydrogen) atoms. The molecule has 2 aliphatic heterocycles. The van der Waals surface area contributed by atoms with Gasteiger partial charge in [-0.1, -0.05) is 11.8 Å². The van der Waals surface area contributed by atoms with Crippen LogP contribution in [0.25, 0.3) is 0 Å². The Kier molecular flexibility index (Phi) is 4.74. The van der Waals surface area contributed by atoms with Crippen molar-refractivity contribution < 1.29 is 19.1 Å². The molecule has 0 amide bonds. The summed E-state index contributed by atoms with van der Waals surface area (Å²) >= 11 is 1.44. The third kappa shape index (κ3) is 3.05. The van der Waals surface area contributed by atoms with Crippen LogP contribution in [0.5, 0.6) is 0 Å². The molecular formula is C13H19NO4S. The molecule has 0 aromatic carbocycles. The predicted octanol–water partition coefficient (Wildman–Crippen LogP) is 1.54. The first kappa shape index (κ1) is 14.2. The molecule has 0 saturated carbocycles. The van der Waals surface area contributed by atoms with Gasteiger partial charge in [0.05, 0.1) is 23.8 Å². The van der Waals surface area contributed by atoms with Crippen molar-refractivity contribution in [2.45, 2.75) is 31.9 Å². The Bertz CT molecular complexity index is 407. The number of carbonyl (C=O) groups is 2. The van der Waals surface area contributed by atoms with Gasteiger partial charge in [0, 0.05) is 13.1 Å². The number of rotatable bonds is 4. The standard InChI is InChI=1S/C13H19NO4S/c1-3-17-12(15)9-6-5-7-14-8-10(19-11(9)14)13(16)18-4-2/h10H,3-8H2,1-2H3. The summed E-state index contributed by atoms with van der Waals surface area (Å²) in [5.74, 6) is -0.447. The van der Waals surface area contributed by atoms with Gasteiger partial charge in [0.1, 0.15) is 5.25 Å². The van der Waals surface area contributed by atoms with Gasteiger partial charge in [0.15, 0.2) is 0 Å². The van der Waals surface area contributed by atoms with Gasteiger partial charge < -0.3 is 14.4 Å². The Balaban J connectivity index is 2.13. The molecule has 0 bridgehead atoms. The number of ether oxygens (including phenoxy) is 2. The maximum Gasteiger partial charge on any atom is 0.336 e.